The van der Waals surface area contributed by atoms with Gasteiger partial charge in [0.15, 0.2) is 0 Å². The van der Waals surface area contributed by atoms with Gasteiger partial charge in [0.25, 0.3) is 11.5 Å². The van der Waals surface area contributed by atoms with Crippen molar-refractivity contribution in [3.8, 4) is 0 Å². The lowest BCUT2D eigenvalue weighted by atomic mass is 10.1. The molecule has 0 atom stereocenters. The molecule has 1 aliphatic heterocycles. The van der Waals surface area contributed by atoms with Crippen molar-refractivity contribution < 1.29 is 4.79 Å². The van der Waals surface area contributed by atoms with Crippen LogP contribution in [0, 0.1) is 0 Å². The third-order valence-electron chi connectivity index (χ3n) is 3.98. The maximum Gasteiger partial charge on any atom is 0.264 e. The Morgan fingerprint density at radius 2 is 2.14 bits per heavy atom. The summed E-state index contributed by atoms with van der Waals surface area (Å²) in [7, 11) is 1.70. The van der Waals surface area contributed by atoms with Gasteiger partial charge in [0.2, 0.25) is 0 Å². The van der Waals surface area contributed by atoms with Crippen LogP contribution in [0.4, 0.5) is 0 Å². The summed E-state index contributed by atoms with van der Waals surface area (Å²) in [6.07, 6.45) is 2.10. The highest BCUT2D eigenvalue weighted by molar-refractivity contribution is 7.14. The molecule has 0 spiro atoms. The lowest BCUT2D eigenvalue weighted by molar-refractivity contribution is 0.0736. The van der Waals surface area contributed by atoms with Crippen molar-refractivity contribution in [1.29, 1.82) is 0 Å². The van der Waals surface area contributed by atoms with Crippen LogP contribution in [-0.4, -0.2) is 26.9 Å². The van der Waals surface area contributed by atoms with Crippen LogP contribution in [0.15, 0.2) is 23.3 Å². The molecule has 0 fully saturated rings. The molecule has 2 aromatic heterocycles. The van der Waals surface area contributed by atoms with Crippen LogP contribution in [0.25, 0.3) is 0 Å². The molecule has 116 valence electrons. The molecule has 0 saturated heterocycles. The fourth-order valence-corrected chi connectivity index (χ4v) is 3.60. The van der Waals surface area contributed by atoms with Gasteiger partial charge in [-0.25, -0.2) is 4.98 Å². The maximum absolute atomic E-state index is 12.6. The zero-order valence-electron chi connectivity index (χ0n) is 13.0. The third kappa shape index (κ3) is 2.59. The first-order valence-electron chi connectivity index (χ1n) is 7.39. The molecule has 22 heavy (non-hydrogen) atoms. The van der Waals surface area contributed by atoms with E-state index in [0.717, 1.165) is 16.1 Å². The number of nitrogens with zero attached hydrogens (tertiary/aromatic N) is 3. The number of carbonyl (C=O) groups excluding carboxylic acids is 1. The van der Waals surface area contributed by atoms with Gasteiger partial charge in [0, 0.05) is 24.0 Å². The number of aromatic nitrogens is 2. The summed E-state index contributed by atoms with van der Waals surface area (Å²) in [4.78, 5) is 32.8. The summed E-state index contributed by atoms with van der Waals surface area (Å²) in [5.74, 6) is 0.461. The molecule has 1 aliphatic rings. The second kappa shape index (κ2) is 5.68. The monoisotopic (exact) mass is 317 g/mol. The quantitative estimate of drug-likeness (QED) is 0.853. The van der Waals surface area contributed by atoms with Gasteiger partial charge >= 0.3 is 0 Å². The van der Waals surface area contributed by atoms with E-state index in [1.807, 2.05) is 12.1 Å². The van der Waals surface area contributed by atoms with Crippen molar-refractivity contribution in [3.63, 3.8) is 0 Å². The van der Waals surface area contributed by atoms with Crippen LogP contribution in [0.2, 0.25) is 0 Å². The van der Waals surface area contributed by atoms with Crippen LogP contribution < -0.4 is 5.56 Å². The van der Waals surface area contributed by atoms with Gasteiger partial charge in [-0.15, -0.1) is 11.3 Å². The highest BCUT2D eigenvalue weighted by atomic mass is 32.1. The van der Waals surface area contributed by atoms with Gasteiger partial charge in [-0.1, -0.05) is 13.8 Å². The summed E-state index contributed by atoms with van der Waals surface area (Å²) in [6.45, 7) is 5.23. The average molecular weight is 317 g/mol. The van der Waals surface area contributed by atoms with Gasteiger partial charge in [-0.2, -0.15) is 0 Å². The van der Waals surface area contributed by atoms with Gasteiger partial charge in [0.05, 0.1) is 23.4 Å². The summed E-state index contributed by atoms with van der Waals surface area (Å²) in [6, 6.07) is 3.92. The standard InChI is InChI=1S/C16H19N3O2S/c1-10(2)13-4-5-14(22-13)16(21)19-7-6-11-12(8-19)17-9-18(3)15(11)20/h4-5,9-10H,6-8H2,1-3H3. The predicted octanol–water partition coefficient (Wildman–Crippen LogP) is 2.16. The molecule has 1 amide bonds. The minimum atomic E-state index is -0.00434. The first-order valence-corrected chi connectivity index (χ1v) is 8.21. The Morgan fingerprint density at radius 3 is 2.82 bits per heavy atom. The van der Waals surface area contributed by atoms with Crippen molar-refractivity contribution in [2.24, 2.45) is 7.05 Å². The Morgan fingerprint density at radius 1 is 1.36 bits per heavy atom. The molecule has 0 N–H and O–H groups in total. The Kier molecular flexibility index (Phi) is 3.87. The third-order valence-corrected chi connectivity index (χ3v) is 5.35. The van der Waals surface area contributed by atoms with Crippen molar-refractivity contribution in [2.75, 3.05) is 6.54 Å². The molecular formula is C16H19N3O2S. The van der Waals surface area contributed by atoms with E-state index < -0.39 is 0 Å². The van der Waals surface area contributed by atoms with Gasteiger partial charge in [-0.05, 0) is 24.5 Å². The van der Waals surface area contributed by atoms with Crippen molar-refractivity contribution in [3.05, 3.63) is 49.8 Å². The Balaban J connectivity index is 1.83. The highest BCUT2D eigenvalue weighted by Crippen LogP contribution is 2.26. The zero-order chi connectivity index (χ0) is 15.9. The van der Waals surface area contributed by atoms with Crippen LogP contribution in [0.5, 0.6) is 0 Å². The van der Waals surface area contributed by atoms with E-state index in [2.05, 4.69) is 18.8 Å². The number of hydrogen-bond donors (Lipinski definition) is 0. The molecule has 2 aromatic rings. The van der Waals surface area contributed by atoms with Gasteiger partial charge in [0.1, 0.15) is 0 Å². The Labute approximate surface area is 133 Å². The molecular weight excluding hydrogens is 298 g/mol. The first-order chi connectivity index (χ1) is 10.5. The predicted molar refractivity (Wildman–Crippen MR) is 86.3 cm³/mol. The number of fused-ring (bicyclic) bond motifs is 1. The minimum Gasteiger partial charge on any atom is -0.332 e. The average Bonchev–Trinajstić information content (AvgIpc) is 3.00. The van der Waals surface area contributed by atoms with Crippen molar-refractivity contribution in [1.82, 2.24) is 14.5 Å². The van der Waals surface area contributed by atoms with Gasteiger partial charge in [-0.3, -0.25) is 9.59 Å². The van der Waals surface area contributed by atoms with Crippen LogP contribution in [-0.2, 0) is 20.0 Å². The van der Waals surface area contributed by atoms with E-state index in [-0.39, 0.29) is 11.5 Å². The number of thiophene rings is 1. The number of rotatable bonds is 2. The molecule has 3 heterocycles. The molecule has 6 heteroatoms. The van der Waals surface area contributed by atoms with Crippen LogP contribution in [0.3, 0.4) is 0 Å². The smallest absolute Gasteiger partial charge is 0.264 e. The molecule has 0 aromatic carbocycles. The topological polar surface area (TPSA) is 55.2 Å². The lowest BCUT2D eigenvalue weighted by Crippen LogP contribution is -2.39. The lowest BCUT2D eigenvalue weighted by Gasteiger charge is -2.27. The van der Waals surface area contributed by atoms with E-state index in [0.29, 0.717) is 25.4 Å². The normalized spacial score (nSPS) is 14.3. The summed E-state index contributed by atoms with van der Waals surface area (Å²) in [5.41, 5.74) is 1.46. The largest absolute Gasteiger partial charge is 0.332 e. The SMILES string of the molecule is CC(C)c1ccc(C(=O)N2CCc3c(ncn(C)c3=O)C2)s1. The highest BCUT2D eigenvalue weighted by Gasteiger charge is 2.25. The van der Waals surface area contributed by atoms with Crippen LogP contribution >= 0.6 is 11.3 Å². The molecule has 0 bridgehead atoms. The van der Waals surface area contributed by atoms with E-state index in [9.17, 15) is 9.59 Å². The molecule has 3 rings (SSSR count). The van der Waals surface area contributed by atoms with E-state index >= 15 is 0 Å². The molecule has 0 unspecified atom stereocenters. The van der Waals surface area contributed by atoms with E-state index in [1.54, 1.807) is 23.3 Å². The number of carbonyl (C=O) groups is 1. The fourth-order valence-electron chi connectivity index (χ4n) is 2.62. The maximum atomic E-state index is 12.6. The molecule has 0 radical (unpaired) electrons. The summed E-state index contributed by atoms with van der Waals surface area (Å²) >= 11 is 1.55. The Hall–Kier alpha value is -1.95. The van der Waals surface area contributed by atoms with Crippen molar-refractivity contribution >= 4 is 17.2 Å². The van der Waals surface area contributed by atoms with E-state index in [4.69, 9.17) is 0 Å². The number of aryl methyl sites for hydroxylation is 1. The fraction of sp³-hybridized carbons (Fsp3) is 0.438. The molecule has 0 saturated carbocycles. The Bertz CT molecular complexity index is 776. The van der Waals surface area contributed by atoms with Crippen molar-refractivity contribution in [2.45, 2.75) is 32.7 Å². The summed E-state index contributed by atoms with van der Waals surface area (Å²) < 4.78 is 1.49. The number of amides is 1. The zero-order valence-corrected chi connectivity index (χ0v) is 13.8. The first kappa shape index (κ1) is 15.0. The minimum absolute atomic E-state index is 0.00434. The van der Waals surface area contributed by atoms with Gasteiger partial charge < -0.3 is 9.47 Å². The van der Waals surface area contributed by atoms with Crippen LogP contribution in [0.1, 0.15) is 45.6 Å². The summed E-state index contributed by atoms with van der Waals surface area (Å²) in [5, 5.41) is 0. The molecule has 0 aliphatic carbocycles. The second-order valence-corrected chi connectivity index (χ2v) is 7.03. The number of hydrogen-bond acceptors (Lipinski definition) is 4. The van der Waals surface area contributed by atoms with E-state index in [1.165, 1.54) is 15.8 Å². The second-order valence-electron chi connectivity index (χ2n) is 5.92. The molecule has 5 nitrogen and oxygen atoms in total.